The van der Waals surface area contributed by atoms with Crippen LogP contribution in [0.2, 0.25) is 10.0 Å². The highest BCUT2D eigenvalue weighted by Gasteiger charge is 2.50. The van der Waals surface area contributed by atoms with Gasteiger partial charge in [-0.25, -0.2) is 0 Å². The zero-order valence-electron chi connectivity index (χ0n) is 12.3. The van der Waals surface area contributed by atoms with Gasteiger partial charge in [-0.15, -0.1) is 0 Å². The van der Waals surface area contributed by atoms with Gasteiger partial charge in [-0.05, 0) is 56.8 Å². The van der Waals surface area contributed by atoms with Gasteiger partial charge < -0.3 is 5.32 Å². The molecule has 2 heterocycles. The van der Waals surface area contributed by atoms with Crippen LogP contribution in [-0.2, 0) is 0 Å². The van der Waals surface area contributed by atoms with E-state index in [1.807, 2.05) is 12.1 Å². The standard InChI is InChI=1S/C16H22Cl2N2/c1-10(13-5-4-12(17)6-15(13)18)20-9-11-7-19-8-14(11)16(20,2)3/h4-6,10-11,14,19H,7-9H2,1-3H3. The fourth-order valence-electron chi connectivity index (χ4n) is 4.12. The summed E-state index contributed by atoms with van der Waals surface area (Å²) in [6.45, 7) is 10.4. The lowest BCUT2D eigenvalue weighted by molar-refractivity contribution is 0.0971. The van der Waals surface area contributed by atoms with Crippen molar-refractivity contribution in [3.8, 4) is 0 Å². The van der Waals surface area contributed by atoms with Crippen molar-refractivity contribution in [2.24, 2.45) is 11.8 Å². The number of hydrogen-bond acceptors (Lipinski definition) is 2. The Morgan fingerprint density at radius 1 is 1.30 bits per heavy atom. The van der Waals surface area contributed by atoms with Gasteiger partial charge in [0, 0.05) is 34.7 Å². The van der Waals surface area contributed by atoms with Crippen molar-refractivity contribution < 1.29 is 0 Å². The fraction of sp³-hybridized carbons (Fsp3) is 0.625. The molecule has 1 aromatic rings. The van der Waals surface area contributed by atoms with Gasteiger partial charge in [-0.2, -0.15) is 0 Å². The molecule has 2 fully saturated rings. The van der Waals surface area contributed by atoms with Gasteiger partial charge in [0.2, 0.25) is 0 Å². The van der Waals surface area contributed by atoms with Crippen LogP contribution in [0.15, 0.2) is 18.2 Å². The van der Waals surface area contributed by atoms with Gasteiger partial charge in [0.1, 0.15) is 0 Å². The Labute approximate surface area is 131 Å². The predicted molar refractivity (Wildman–Crippen MR) is 85.5 cm³/mol. The van der Waals surface area contributed by atoms with Gasteiger partial charge in [-0.1, -0.05) is 29.3 Å². The third-order valence-electron chi connectivity index (χ3n) is 5.30. The van der Waals surface area contributed by atoms with E-state index in [-0.39, 0.29) is 5.54 Å². The Hall–Kier alpha value is -0.280. The normalized spacial score (nSPS) is 30.4. The zero-order valence-corrected chi connectivity index (χ0v) is 13.8. The lowest BCUT2D eigenvalue weighted by atomic mass is 9.84. The van der Waals surface area contributed by atoms with Crippen LogP contribution < -0.4 is 5.32 Å². The molecule has 3 rings (SSSR count). The molecule has 0 saturated carbocycles. The quantitative estimate of drug-likeness (QED) is 0.888. The second-order valence-corrected chi connectivity index (χ2v) is 7.52. The van der Waals surface area contributed by atoms with Crippen molar-refractivity contribution in [2.75, 3.05) is 19.6 Å². The Morgan fingerprint density at radius 3 is 2.70 bits per heavy atom. The van der Waals surface area contributed by atoms with Crippen LogP contribution in [0.25, 0.3) is 0 Å². The Bertz CT molecular complexity index is 515. The van der Waals surface area contributed by atoms with E-state index in [9.17, 15) is 0 Å². The summed E-state index contributed by atoms with van der Waals surface area (Å²) < 4.78 is 0. The highest BCUT2D eigenvalue weighted by atomic mass is 35.5. The number of halogens is 2. The Kier molecular flexibility index (Phi) is 3.79. The number of hydrogen-bond donors (Lipinski definition) is 1. The average Bonchev–Trinajstić information content (AvgIpc) is 2.91. The minimum Gasteiger partial charge on any atom is -0.316 e. The third kappa shape index (κ3) is 2.27. The van der Waals surface area contributed by atoms with Crippen LogP contribution in [0.3, 0.4) is 0 Å². The van der Waals surface area contributed by atoms with Crippen molar-refractivity contribution >= 4 is 23.2 Å². The molecule has 2 aliphatic rings. The molecule has 3 unspecified atom stereocenters. The van der Waals surface area contributed by atoms with Crippen molar-refractivity contribution in [3.05, 3.63) is 33.8 Å². The lowest BCUT2D eigenvalue weighted by Crippen LogP contribution is -2.45. The molecule has 2 aliphatic heterocycles. The maximum absolute atomic E-state index is 6.39. The third-order valence-corrected chi connectivity index (χ3v) is 5.86. The highest BCUT2D eigenvalue weighted by molar-refractivity contribution is 6.35. The van der Waals surface area contributed by atoms with E-state index in [0.29, 0.717) is 11.1 Å². The van der Waals surface area contributed by atoms with E-state index in [0.717, 1.165) is 36.5 Å². The molecule has 0 bridgehead atoms. The van der Waals surface area contributed by atoms with Crippen LogP contribution in [0.5, 0.6) is 0 Å². The number of likely N-dealkylation sites (tertiary alicyclic amines) is 1. The smallest absolute Gasteiger partial charge is 0.0468 e. The molecule has 0 aliphatic carbocycles. The number of fused-ring (bicyclic) bond motifs is 1. The first-order valence-corrected chi connectivity index (χ1v) is 8.09. The minimum absolute atomic E-state index is 0.205. The summed E-state index contributed by atoms with van der Waals surface area (Å²) in [6.07, 6.45) is 0. The van der Waals surface area contributed by atoms with E-state index >= 15 is 0 Å². The van der Waals surface area contributed by atoms with Crippen molar-refractivity contribution in [1.82, 2.24) is 10.2 Å². The van der Waals surface area contributed by atoms with Crippen LogP contribution in [0.1, 0.15) is 32.4 Å². The number of rotatable bonds is 2. The fourth-order valence-corrected chi connectivity index (χ4v) is 4.68. The molecule has 0 radical (unpaired) electrons. The molecule has 20 heavy (non-hydrogen) atoms. The molecule has 2 saturated heterocycles. The second-order valence-electron chi connectivity index (χ2n) is 6.67. The van der Waals surface area contributed by atoms with E-state index in [1.54, 1.807) is 0 Å². The lowest BCUT2D eigenvalue weighted by Gasteiger charge is -2.40. The molecule has 0 amide bonds. The molecular formula is C16H22Cl2N2. The summed E-state index contributed by atoms with van der Waals surface area (Å²) in [7, 11) is 0. The highest BCUT2D eigenvalue weighted by Crippen LogP contribution is 2.45. The Morgan fingerprint density at radius 2 is 2.05 bits per heavy atom. The molecule has 4 heteroatoms. The van der Waals surface area contributed by atoms with Crippen LogP contribution in [-0.4, -0.2) is 30.1 Å². The maximum atomic E-state index is 6.39. The summed E-state index contributed by atoms with van der Waals surface area (Å²) in [5, 5.41) is 5.00. The van der Waals surface area contributed by atoms with Gasteiger partial charge >= 0.3 is 0 Å². The molecule has 110 valence electrons. The first-order valence-electron chi connectivity index (χ1n) is 7.33. The van der Waals surface area contributed by atoms with Gasteiger partial charge in [0.15, 0.2) is 0 Å². The average molecular weight is 313 g/mol. The summed E-state index contributed by atoms with van der Waals surface area (Å²) >= 11 is 12.4. The molecule has 0 aromatic heterocycles. The van der Waals surface area contributed by atoms with E-state index in [2.05, 4.69) is 37.1 Å². The molecule has 3 atom stereocenters. The maximum Gasteiger partial charge on any atom is 0.0468 e. The van der Waals surface area contributed by atoms with E-state index in [4.69, 9.17) is 23.2 Å². The topological polar surface area (TPSA) is 15.3 Å². The van der Waals surface area contributed by atoms with Crippen molar-refractivity contribution in [1.29, 1.82) is 0 Å². The van der Waals surface area contributed by atoms with Crippen molar-refractivity contribution in [3.63, 3.8) is 0 Å². The molecule has 2 nitrogen and oxygen atoms in total. The van der Waals surface area contributed by atoms with Gasteiger partial charge in [0.05, 0.1) is 0 Å². The molecular weight excluding hydrogens is 291 g/mol. The largest absolute Gasteiger partial charge is 0.316 e. The second kappa shape index (κ2) is 5.17. The first kappa shape index (κ1) is 14.6. The molecule has 0 spiro atoms. The number of nitrogens with one attached hydrogen (secondary N) is 1. The van der Waals surface area contributed by atoms with E-state index in [1.165, 1.54) is 5.56 Å². The van der Waals surface area contributed by atoms with Crippen molar-refractivity contribution in [2.45, 2.75) is 32.4 Å². The van der Waals surface area contributed by atoms with Crippen LogP contribution in [0.4, 0.5) is 0 Å². The molecule has 1 N–H and O–H groups in total. The SMILES string of the molecule is CC(c1ccc(Cl)cc1Cl)N1CC2CNCC2C1(C)C. The summed E-state index contributed by atoms with van der Waals surface area (Å²) in [6, 6.07) is 6.17. The predicted octanol–water partition coefficient (Wildman–Crippen LogP) is 3.98. The summed E-state index contributed by atoms with van der Waals surface area (Å²) in [4.78, 5) is 2.61. The monoisotopic (exact) mass is 312 g/mol. The first-order chi connectivity index (χ1) is 9.41. The zero-order chi connectivity index (χ0) is 14.5. The van der Waals surface area contributed by atoms with Crippen LogP contribution >= 0.6 is 23.2 Å². The number of benzene rings is 1. The molecule has 1 aromatic carbocycles. The van der Waals surface area contributed by atoms with E-state index < -0.39 is 0 Å². The van der Waals surface area contributed by atoms with Gasteiger partial charge in [-0.3, -0.25) is 4.90 Å². The number of nitrogens with zero attached hydrogens (tertiary/aromatic N) is 1. The van der Waals surface area contributed by atoms with Crippen LogP contribution in [0, 0.1) is 11.8 Å². The summed E-state index contributed by atoms with van der Waals surface area (Å²) in [5.41, 5.74) is 1.38. The summed E-state index contributed by atoms with van der Waals surface area (Å²) in [5.74, 6) is 1.49. The Balaban J connectivity index is 1.89. The van der Waals surface area contributed by atoms with Gasteiger partial charge in [0.25, 0.3) is 0 Å². The minimum atomic E-state index is 0.205.